The van der Waals surface area contributed by atoms with Crippen LogP contribution < -0.4 is 4.57 Å². The molecule has 28 heavy (non-hydrogen) atoms. The van der Waals surface area contributed by atoms with Gasteiger partial charge in [-0.15, -0.1) is 0 Å². The minimum Gasteiger partial charge on any atom is -0.333 e. The standard InChI is InChI=1S/C20H12F5N3/c21-15-4-2-1-3-13(15)19-26-17-7-8-28(11-18(17)27-19)10-12-5-6-16(22)14(9-12)20(23,24)25/h1-9,11H,10H2/p+1. The summed E-state index contributed by atoms with van der Waals surface area (Å²) in [5.41, 5.74) is 0.504. The fourth-order valence-corrected chi connectivity index (χ4v) is 2.98. The van der Waals surface area contributed by atoms with Crippen molar-refractivity contribution >= 4 is 11.0 Å². The average Bonchev–Trinajstić information content (AvgIpc) is 3.06. The van der Waals surface area contributed by atoms with Crippen LogP contribution in [0, 0.1) is 11.6 Å². The van der Waals surface area contributed by atoms with Gasteiger partial charge in [-0.1, -0.05) is 12.1 Å². The summed E-state index contributed by atoms with van der Waals surface area (Å²) in [6.45, 7) is 0.105. The highest BCUT2D eigenvalue weighted by Crippen LogP contribution is 2.32. The molecule has 8 heteroatoms. The van der Waals surface area contributed by atoms with Gasteiger partial charge in [-0.3, -0.25) is 0 Å². The summed E-state index contributed by atoms with van der Waals surface area (Å²) < 4.78 is 67.7. The normalized spacial score (nSPS) is 11.9. The second kappa shape index (κ2) is 6.70. The Kier molecular flexibility index (Phi) is 4.33. The molecule has 2 heterocycles. The molecule has 0 spiro atoms. The molecular formula is C20H13F5N3+. The number of aromatic nitrogens is 3. The van der Waals surface area contributed by atoms with Crippen molar-refractivity contribution in [3.05, 3.63) is 83.7 Å². The number of fused-ring (bicyclic) bond motifs is 1. The number of imidazole rings is 1. The summed E-state index contributed by atoms with van der Waals surface area (Å²) in [6, 6.07) is 10.8. The number of H-pyrrole nitrogens is 1. The molecule has 142 valence electrons. The molecule has 0 aliphatic carbocycles. The predicted octanol–water partition coefficient (Wildman–Crippen LogP) is 4.86. The van der Waals surface area contributed by atoms with Crippen LogP contribution in [0.5, 0.6) is 0 Å². The van der Waals surface area contributed by atoms with Crippen molar-refractivity contribution in [2.24, 2.45) is 0 Å². The van der Waals surface area contributed by atoms with Crippen molar-refractivity contribution in [1.82, 2.24) is 9.97 Å². The molecule has 0 radical (unpaired) electrons. The van der Waals surface area contributed by atoms with Crippen molar-refractivity contribution in [2.45, 2.75) is 12.7 Å². The average molecular weight is 390 g/mol. The number of nitrogens with zero attached hydrogens (tertiary/aromatic N) is 2. The third kappa shape index (κ3) is 3.45. The van der Waals surface area contributed by atoms with Gasteiger partial charge in [-0.25, -0.2) is 13.8 Å². The summed E-state index contributed by atoms with van der Waals surface area (Å²) in [5, 5.41) is 0. The van der Waals surface area contributed by atoms with E-state index in [1.54, 1.807) is 41.2 Å². The van der Waals surface area contributed by atoms with Gasteiger partial charge in [0.25, 0.3) is 0 Å². The third-order valence-electron chi connectivity index (χ3n) is 4.31. The maximum Gasteiger partial charge on any atom is 0.419 e. The maximum absolute atomic E-state index is 13.9. The van der Waals surface area contributed by atoms with Crippen LogP contribution in [0.4, 0.5) is 22.0 Å². The quantitative estimate of drug-likeness (QED) is 0.393. The molecule has 2 aromatic heterocycles. The largest absolute Gasteiger partial charge is 0.419 e. The number of rotatable bonds is 3. The Balaban J connectivity index is 1.67. The molecule has 0 fully saturated rings. The van der Waals surface area contributed by atoms with Gasteiger partial charge in [0.2, 0.25) is 0 Å². The van der Waals surface area contributed by atoms with Gasteiger partial charge in [-0.2, -0.15) is 17.7 Å². The summed E-state index contributed by atoms with van der Waals surface area (Å²) >= 11 is 0. The van der Waals surface area contributed by atoms with E-state index in [2.05, 4.69) is 9.97 Å². The molecule has 4 rings (SSSR count). The van der Waals surface area contributed by atoms with Crippen LogP contribution >= 0.6 is 0 Å². The van der Waals surface area contributed by atoms with Crippen LogP contribution in [0.15, 0.2) is 60.9 Å². The van der Waals surface area contributed by atoms with E-state index in [1.807, 2.05) is 0 Å². The van der Waals surface area contributed by atoms with E-state index in [1.165, 1.54) is 12.1 Å². The Morgan fingerprint density at radius 1 is 0.964 bits per heavy atom. The van der Waals surface area contributed by atoms with Crippen LogP contribution in [-0.4, -0.2) is 9.97 Å². The molecular weight excluding hydrogens is 377 g/mol. The first-order valence-electron chi connectivity index (χ1n) is 8.30. The van der Waals surface area contributed by atoms with Crippen LogP contribution in [0.1, 0.15) is 11.1 Å². The molecule has 0 saturated heterocycles. The number of alkyl halides is 3. The van der Waals surface area contributed by atoms with Crippen molar-refractivity contribution < 1.29 is 26.5 Å². The van der Waals surface area contributed by atoms with Gasteiger partial charge in [0.15, 0.2) is 18.9 Å². The van der Waals surface area contributed by atoms with Gasteiger partial charge >= 0.3 is 6.18 Å². The van der Waals surface area contributed by atoms with E-state index >= 15 is 0 Å². The number of aromatic amines is 1. The lowest BCUT2D eigenvalue weighted by molar-refractivity contribution is -0.687. The minimum absolute atomic E-state index is 0.105. The topological polar surface area (TPSA) is 32.6 Å². The zero-order chi connectivity index (χ0) is 19.9. The fourth-order valence-electron chi connectivity index (χ4n) is 2.98. The Morgan fingerprint density at radius 2 is 1.75 bits per heavy atom. The molecule has 0 aliphatic rings. The first-order chi connectivity index (χ1) is 13.3. The van der Waals surface area contributed by atoms with Gasteiger partial charge in [0.05, 0.1) is 11.1 Å². The van der Waals surface area contributed by atoms with Gasteiger partial charge in [0, 0.05) is 11.6 Å². The Bertz CT molecular complexity index is 1160. The van der Waals surface area contributed by atoms with E-state index in [9.17, 15) is 22.0 Å². The predicted molar refractivity (Wildman–Crippen MR) is 92.2 cm³/mol. The van der Waals surface area contributed by atoms with Crippen LogP contribution in [0.3, 0.4) is 0 Å². The number of halogens is 5. The van der Waals surface area contributed by atoms with Gasteiger partial charge in [-0.05, 0) is 30.3 Å². The lowest BCUT2D eigenvalue weighted by atomic mass is 10.1. The fraction of sp³-hybridized carbons (Fsp3) is 0.100. The van der Waals surface area contributed by atoms with Gasteiger partial charge < -0.3 is 4.98 Å². The zero-order valence-electron chi connectivity index (χ0n) is 14.3. The molecule has 4 aromatic rings. The number of benzene rings is 2. The molecule has 0 amide bonds. The number of pyridine rings is 1. The lowest BCUT2D eigenvalue weighted by Gasteiger charge is -2.08. The van der Waals surface area contributed by atoms with E-state index < -0.39 is 23.4 Å². The summed E-state index contributed by atoms with van der Waals surface area (Å²) in [7, 11) is 0. The van der Waals surface area contributed by atoms with E-state index in [-0.39, 0.29) is 6.54 Å². The number of hydrogen-bond donors (Lipinski definition) is 1. The van der Waals surface area contributed by atoms with E-state index in [0.717, 1.165) is 12.1 Å². The van der Waals surface area contributed by atoms with Crippen molar-refractivity contribution in [1.29, 1.82) is 0 Å². The zero-order valence-corrected chi connectivity index (χ0v) is 14.3. The first kappa shape index (κ1) is 18.1. The molecule has 0 saturated carbocycles. The second-order valence-electron chi connectivity index (χ2n) is 6.29. The summed E-state index contributed by atoms with van der Waals surface area (Å²) in [6.07, 6.45) is -1.46. The Morgan fingerprint density at radius 3 is 2.50 bits per heavy atom. The smallest absolute Gasteiger partial charge is 0.333 e. The van der Waals surface area contributed by atoms with E-state index in [4.69, 9.17) is 0 Å². The minimum atomic E-state index is -4.76. The summed E-state index contributed by atoms with van der Waals surface area (Å²) in [5.74, 6) is -1.37. The monoisotopic (exact) mass is 390 g/mol. The molecule has 2 aromatic carbocycles. The molecule has 0 aliphatic heterocycles. The molecule has 0 atom stereocenters. The highest BCUT2D eigenvalue weighted by Gasteiger charge is 2.34. The highest BCUT2D eigenvalue weighted by atomic mass is 19.4. The van der Waals surface area contributed by atoms with Crippen molar-refractivity contribution in [3.8, 4) is 11.4 Å². The number of hydrogen-bond acceptors (Lipinski definition) is 1. The molecule has 0 bridgehead atoms. The Labute approximate surface area is 156 Å². The molecule has 0 unspecified atom stereocenters. The maximum atomic E-state index is 13.9. The van der Waals surface area contributed by atoms with Crippen molar-refractivity contribution in [3.63, 3.8) is 0 Å². The second-order valence-corrected chi connectivity index (χ2v) is 6.29. The van der Waals surface area contributed by atoms with Crippen LogP contribution in [-0.2, 0) is 12.7 Å². The van der Waals surface area contributed by atoms with E-state index in [0.29, 0.717) is 28.0 Å². The highest BCUT2D eigenvalue weighted by molar-refractivity contribution is 5.77. The number of nitrogens with one attached hydrogen (secondary N) is 1. The molecule has 1 N–H and O–H groups in total. The third-order valence-corrected chi connectivity index (χ3v) is 4.31. The van der Waals surface area contributed by atoms with Crippen LogP contribution in [0.2, 0.25) is 0 Å². The lowest BCUT2D eigenvalue weighted by Crippen LogP contribution is -2.33. The molecule has 3 nitrogen and oxygen atoms in total. The van der Waals surface area contributed by atoms with Gasteiger partial charge in [0.1, 0.15) is 28.5 Å². The first-order valence-corrected chi connectivity index (χ1v) is 8.30. The summed E-state index contributed by atoms with van der Waals surface area (Å²) in [4.78, 5) is 7.35. The Hall–Kier alpha value is -3.29. The van der Waals surface area contributed by atoms with Crippen LogP contribution in [0.25, 0.3) is 22.4 Å². The van der Waals surface area contributed by atoms with Crippen molar-refractivity contribution in [2.75, 3.05) is 0 Å². The SMILES string of the molecule is Fc1ccccc1-c1nc2cc[n+](Cc3ccc(F)c(C(F)(F)F)c3)cc2[nH]1.